The summed E-state index contributed by atoms with van der Waals surface area (Å²) in [5, 5.41) is 9.35. The smallest absolute Gasteiger partial charge is 0.120 e. The van der Waals surface area contributed by atoms with Crippen LogP contribution in [0.4, 0.5) is 0 Å². The lowest BCUT2D eigenvalue weighted by Gasteiger charge is -2.06. The van der Waals surface area contributed by atoms with Crippen LogP contribution in [0.2, 0.25) is 0 Å². The highest BCUT2D eigenvalue weighted by atomic mass is 79.9. The first kappa shape index (κ1) is 9.07. The Balaban J connectivity index is 3.46. The molecule has 0 atom stereocenters. The molecule has 0 fully saturated rings. The molecule has 11 heavy (non-hydrogen) atoms. The Bertz CT molecular complexity index is 268. The van der Waals surface area contributed by atoms with Crippen molar-refractivity contribution in [3.63, 3.8) is 0 Å². The molecule has 1 N–H and O–H groups in total. The fourth-order valence-electron chi connectivity index (χ4n) is 0.835. The average molecular weight is 280 g/mol. The Morgan fingerprint density at radius 2 is 1.73 bits per heavy atom. The monoisotopic (exact) mass is 278 g/mol. The van der Waals surface area contributed by atoms with Crippen LogP contribution in [-0.2, 0) is 0 Å². The van der Waals surface area contributed by atoms with E-state index in [1.54, 1.807) is 6.07 Å². The molecular formula is C8H8Br2O. The van der Waals surface area contributed by atoms with Gasteiger partial charge in [-0.25, -0.2) is 0 Å². The van der Waals surface area contributed by atoms with Gasteiger partial charge >= 0.3 is 0 Å². The van der Waals surface area contributed by atoms with E-state index in [1.165, 1.54) is 0 Å². The number of benzene rings is 1. The van der Waals surface area contributed by atoms with Gasteiger partial charge in [0.05, 0.1) is 0 Å². The second-order valence-electron chi connectivity index (χ2n) is 2.44. The summed E-state index contributed by atoms with van der Waals surface area (Å²) < 4.78 is 1.89. The number of halogens is 2. The van der Waals surface area contributed by atoms with E-state index in [4.69, 9.17) is 0 Å². The first-order valence-electron chi connectivity index (χ1n) is 3.18. The highest BCUT2D eigenvalue weighted by Crippen LogP contribution is 2.33. The molecule has 0 aliphatic rings. The van der Waals surface area contributed by atoms with Gasteiger partial charge < -0.3 is 5.11 Å². The molecule has 0 aliphatic heterocycles. The van der Waals surface area contributed by atoms with E-state index in [9.17, 15) is 5.11 Å². The predicted octanol–water partition coefficient (Wildman–Crippen LogP) is 3.53. The second-order valence-corrected chi connectivity index (χ2v) is 4.09. The Labute approximate surface area is 82.7 Å². The average Bonchev–Trinajstić information content (AvgIpc) is 1.97. The van der Waals surface area contributed by atoms with Crippen LogP contribution < -0.4 is 0 Å². The zero-order valence-electron chi connectivity index (χ0n) is 6.28. The molecular weight excluding hydrogens is 272 g/mol. The lowest BCUT2D eigenvalue weighted by molar-refractivity contribution is 0.470. The van der Waals surface area contributed by atoms with Crippen LogP contribution in [0.5, 0.6) is 5.75 Å². The van der Waals surface area contributed by atoms with Crippen LogP contribution in [0.25, 0.3) is 0 Å². The largest absolute Gasteiger partial charge is 0.508 e. The summed E-state index contributed by atoms with van der Waals surface area (Å²) in [7, 11) is 0. The first-order chi connectivity index (χ1) is 5.04. The van der Waals surface area contributed by atoms with Gasteiger partial charge in [-0.3, -0.25) is 0 Å². The first-order valence-corrected chi connectivity index (χ1v) is 4.76. The molecule has 1 aromatic rings. The third-order valence-electron chi connectivity index (χ3n) is 1.66. The van der Waals surface area contributed by atoms with Crippen LogP contribution in [0.1, 0.15) is 11.1 Å². The maximum absolute atomic E-state index is 9.35. The minimum Gasteiger partial charge on any atom is -0.508 e. The minimum absolute atomic E-state index is 0.314. The van der Waals surface area contributed by atoms with Crippen molar-refractivity contribution >= 4 is 31.9 Å². The molecule has 0 saturated carbocycles. The van der Waals surface area contributed by atoms with Gasteiger partial charge in [-0.15, -0.1) is 0 Å². The van der Waals surface area contributed by atoms with Gasteiger partial charge in [0.1, 0.15) is 5.75 Å². The highest BCUT2D eigenvalue weighted by Gasteiger charge is 2.07. The van der Waals surface area contributed by atoms with E-state index < -0.39 is 0 Å². The fraction of sp³-hybridized carbons (Fsp3) is 0.250. The summed E-state index contributed by atoms with van der Waals surface area (Å²) in [5.74, 6) is 0.314. The Kier molecular flexibility index (Phi) is 2.60. The van der Waals surface area contributed by atoms with Crippen LogP contribution in [0, 0.1) is 13.8 Å². The molecule has 0 bridgehead atoms. The second kappa shape index (κ2) is 3.15. The van der Waals surface area contributed by atoms with Crippen molar-refractivity contribution in [2.24, 2.45) is 0 Å². The third kappa shape index (κ3) is 1.59. The molecule has 1 rings (SSSR count). The lowest BCUT2D eigenvalue weighted by Crippen LogP contribution is -1.83. The molecule has 1 nitrogen and oxygen atoms in total. The number of aromatic hydroxyl groups is 1. The quantitative estimate of drug-likeness (QED) is 0.770. The van der Waals surface area contributed by atoms with Gasteiger partial charge in [-0.05, 0) is 25.5 Å². The molecule has 3 heteroatoms. The molecule has 0 heterocycles. The number of phenols is 1. The Hall–Kier alpha value is -0.0200. The van der Waals surface area contributed by atoms with Gasteiger partial charge in [0.2, 0.25) is 0 Å². The summed E-state index contributed by atoms with van der Waals surface area (Å²) >= 11 is 6.73. The number of hydrogen-bond donors (Lipinski definition) is 1. The number of hydrogen-bond acceptors (Lipinski definition) is 1. The van der Waals surface area contributed by atoms with Crippen molar-refractivity contribution < 1.29 is 5.11 Å². The van der Waals surface area contributed by atoms with Crippen molar-refractivity contribution in [2.75, 3.05) is 0 Å². The summed E-state index contributed by atoms with van der Waals surface area (Å²) in [6.07, 6.45) is 0. The Morgan fingerprint density at radius 1 is 1.18 bits per heavy atom. The molecule has 0 aliphatic carbocycles. The molecule has 60 valence electrons. The standard InChI is InChI=1S/C8H8Br2O/c1-4-6(9)3-7(11)5(2)8(4)10/h3,11H,1-2H3. The van der Waals surface area contributed by atoms with Crippen molar-refractivity contribution in [3.8, 4) is 5.75 Å². The topological polar surface area (TPSA) is 20.2 Å². The Morgan fingerprint density at radius 3 is 2.27 bits per heavy atom. The van der Waals surface area contributed by atoms with E-state index in [0.717, 1.165) is 20.1 Å². The van der Waals surface area contributed by atoms with Crippen LogP contribution >= 0.6 is 31.9 Å². The van der Waals surface area contributed by atoms with E-state index in [-0.39, 0.29) is 0 Å². The molecule has 0 aromatic heterocycles. The van der Waals surface area contributed by atoms with E-state index in [2.05, 4.69) is 31.9 Å². The maximum Gasteiger partial charge on any atom is 0.120 e. The van der Waals surface area contributed by atoms with Crippen LogP contribution in [0.3, 0.4) is 0 Å². The zero-order chi connectivity index (χ0) is 8.59. The molecule has 0 unspecified atom stereocenters. The van der Waals surface area contributed by atoms with E-state index in [1.807, 2.05) is 13.8 Å². The molecule has 0 spiro atoms. The van der Waals surface area contributed by atoms with Crippen molar-refractivity contribution in [1.82, 2.24) is 0 Å². The maximum atomic E-state index is 9.35. The predicted molar refractivity (Wildman–Crippen MR) is 53.0 cm³/mol. The van der Waals surface area contributed by atoms with Crippen molar-refractivity contribution in [1.29, 1.82) is 0 Å². The van der Waals surface area contributed by atoms with Gasteiger partial charge in [-0.2, -0.15) is 0 Å². The number of phenolic OH excluding ortho intramolecular Hbond substituents is 1. The highest BCUT2D eigenvalue weighted by molar-refractivity contribution is 9.11. The lowest BCUT2D eigenvalue weighted by atomic mass is 10.1. The molecule has 0 radical (unpaired) electrons. The van der Waals surface area contributed by atoms with Crippen molar-refractivity contribution in [2.45, 2.75) is 13.8 Å². The molecule has 0 saturated heterocycles. The minimum atomic E-state index is 0.314. The summed E-state index contributed by atoms with van der Waals surface area (Å²) in [6, 6.07) is 1.70. The fourth-order valence-corrected chi connectivity index (χ4v) is 1.93. The third-order valence-corrected chi connectivity index (χ3v) is 3.68. The van der Waals surface area contributed by atoms with Crippen molar-refractivity contribution in [3.05, 3.63) is 26.1 Å². The zero-order valence-corrected chi connectivity index (χ0v) is 9.45. The normalized spacial score (nSPS) is 10.2. The number of rotatable bonds is 0. The summed E-state index contributed by atoms with van der Waals surface area (Å²) in [4.78, 5) is 0. The van der Waals surface area contributed by atoms with Gasteiger partial charge in [-0.1, -0.05) is 31.9 Å². The van der Waals surface area contributed by atoms with Crippen LogP contribution in [0.15, 0.2) is 15.0 Å². The molecule has 0 amide bonds. The molecule has 1 aromatic carbocycles. The summed E-state index contributed by atoms with van der Waals surface area (Å²) in [6.45, 7) is 3.86. The van der Waals surface area contributed by atoms with E-state index in [0.29, 0.717) is 5.75 Å². The van der Waals surface area contributed by atoms with Gasteiger partial charge in [0, 0.05) is 14.5 Å². The van der Waals surface area contributed by atoms with Gasteiger partial charge in [0.25, 0.3) is 0 Å². The van der Waals surface area contributed by atoms with Gasteiger partial charge in [0.15, 0.2) is 0 Å². The van der Waals surface area contributed by atoms with Crippen LogP contribution in [-0.4, -0.2) is 5.11 Å². The summed E-state index contributed by atoms with van der Waals surface area (Å²) in [5.41, 5.74) is 1.99. The van der Waals surface area contributed by atoms with E-state index >= 15 is 0 Å². The SMILES string of the molecule is Cc1c(O)cc(Br)c(C)c1Br.